The third kappa shape index (κ3) is 2.10. The molecule has 3 nitrogen and oxygen atoms in total. The number of rotatable bonds is 3. The summed E-state index contributed by atoms with van der Waals surface area (Å²) in [4.78, 5) is 6.47. The lowest BCUT2D eigenvalue weighted by Gasteiger charge is -2.21. The highest BCUT2D eigenvalue weighted by Crippen LogP contribution is 2.42. The fourth-order valence-electron chi connectivity index (χ4n) is 3.13. The summed E-state index contributed by atoms with van der Waals surface area (Å²) in [6.07, 6.45) is 6.08. The standard InChI is InChI=1S/C14H22N2OS/c1-14(7-4-8-17-14)13-16-12-10(9-15-2)5-3-6-11(12)18-13/h10,15H,3-9H2,1-2H3. The van der Waals surface area contributed by atoms with Crippen LogP contribution in [0.5, 0.6) is 0 Å². The van der Waals surface area contributed by atoms with Gasteiger partial charge >= 0.3 is 0 Å². The van der Waals surface area contributed by atoms with Gasteiger partial charge in [-0.1, -0.05) is 0 Å². The van der Waals surface area contributed by atoms with Crippen molar-refractivity contribution in [2.45, 2.75) is 50.5 Å². The predicted molar refractivity (Wildman–Crippen MR) is 74.3 cm³/mol. The molecule has 1 aromatic rings. The molecular weight excluding hydrogens is 244 g/mol. The normalized spacial score (nSPS) is 31.6. The molecule has 4 heteroatoms. The fourth-order valence-corrected chi connectivity index (χ4v) is 4.44. The molecule has 1 N–H and O–H groups in total. The highest BCUT2D eigenvalue weighted by Gasteiger charge is 2.37. The number of aromatic nitrogens is 1. The average molecular weight is 266 g/mol. The van der Waals surface area contributed by atoms with Gasteiger partial charge in [-0.05, 0) is 46.1 Å². The summed E-state index contributed by atoms with van der Waals surface area (Å²) in [5, 5.41) is 4.52. The largest absolute Gasteiger partial charge is 0.368 e. The van der Waals surface area contributed by atoms with E-state index >= 15 is 0 Å². The molecule has 1 saturated heterocycles. The van der Waals surface area contributed by atoms with Crippen molar-refractivity contribution in [3.8, 4) is 0 Å². The molecule has 1 aromatic heterocycles. The van der Waals surface area contributed by atoms with Crippen molar-refractivity contribution in [3.63, 3.8) is 0 Å². The van der Waals surface area contributed by atoms with Crippen LogP contribution in [-0.4, -0.2) is 25.2 Å². The van der Waals surface area contributed by atoms with Crippen LogP contribution in [0.3, 0.4) is 0 Å². The van der Waals surface area contributed by atoms with Gasteiger partial charge in [0.15, 0.2) is 0 Å². The Hall–Kier alpha value is -0.450. The number of likely N-dealkylation sites (N-methyl/N-ethyl adjacent to an activating group) is 1. The Morgan fingerprint density at radius 1 is 1.50 bits per heavy atom. The first-order valence-corrected chi connectivity index (χ1v) is 7.83. The third-order valence-electron chi connectivity index (χ3n) is 4.19. The Morgan fingerprint density at radius 2 is 2.39 bits per heavy atom. The Labute approximate surface area is 113 Å². The van der Waals surface area contributed by atoms with E-state index in [-0.39, 0.29) is 5.60 Å². The van der Waals surface area contributed by atoms with E-state index in [1.807, 2.05) is 18.4 Å². The summed E-state index contributed by atoms with van der Waals surface area (Å²) in [5.41, 5.74) is 1.25. The van der Waals surface area contributed by atoms with Crippen LogP contribution < -0.4 is 5.32 Å². The molecular formula is C14H22N2OS. The number of aryl methyl sites for hydroxylation is 1. The number of nitrogens with one attached hydrogen (secondary N) is 1. The molecule has 0 radical (unpaired) electrons. The molecule has 1 aliphatic heterocycles. The van der Waals surface area contributed by atoms with E-state index in [2.05, 4.69) is 12.2 Å². The van der Waals surface area contributed by atoms with Gasteiger partial charge in [-0.15, -0.1) is 11.3 Å². The number of hydrogen-bond donors (Lipinski definition) is 1. The molecule has 100 valence electrons. The van der Waals surface area contributed by atoms with Crippen LogP contribution >= 0.6 is 11.3 Å². The number of thiazole rings is 1. The SMILES string of the molecule is CNCC1CCCc2sc(C3(C)CCCO3)nc21. The summed E-state index contributed by atoms with van der Waals surface area (Å²) < 4.78 is 5.93. The minimum Gasteiger partial charge on any atom is -0.368 e. The van der Waals surface area contributed by atoms with Crippen LogP contribution in [0.15, 0.2) is 0 Å². The minimum atomic E-state index is -0.105. The average Bonchev–Trinajstić information content (AvgIpc) is 2.97. The van der Waals surface area contributed by atoms with E-state index in [0.717, 1.165) is 19.6 Å². The van der Waals surface area contributed by atoms with Crippen LogP contribution in [0.4, 0.5) is 0 Å². The van der Waals surface area contributed by atoms with Gasteiger partial charge in [0.1, 0.15) is 10.6 Å². The van der Waals surface area contributed by atoms with Gasteiger partial charge in [0.05, 0.1) is 5.69 Å². The quantitative estimate of drug-likeness (QED) is 0.913. The van der Waals surface area contributed by atoms with Crippen molar-refractivity contribution in [1.82, 2.24) is 10.3 Å². The highest BCUT2D eigenvalue weighted by molar-refractivity contribution is 7.11. The minimum absolute atomic E-state index is 0.105. The maximum Gasteiger partial charge on any atom is 0.125 e. The van der Waals surface area contributed by atoms with Crippen molar-refractivity contribution < 1.29 is 4.74 Å². The monoisotopic (exact) mass is 266 g/mol. The number of nitrogens with zero attached hydrogens (tertiary/aromatic N) is 1. The third-order valence-corrected chi connectivity index (χ3v) is 5.57. The first-order valence-electron chi connectivity index (χ1n) is 7.01. The van der Waals surface area contributed by atoms with E-state index < -0.39 is 0 Å². The van der Waals surface area contributed by atoms with Gasteiger partial charge in [0, 0.05) is 23.9 Å². The molecule has 2 aliphatic rings. The van der Waals surface area contributed by atoms with E-state index in [4.69, 9.17) is 9.72 Å². The van der Waals surface area contributed by atoms with Crippen molar-refractivity contribution >= 4 is 11.3 Å². The Bertz CT molecular complexity index is 423. The first-order chi connectivity index (χ1) is 8.73. The predicted octanol–water partition coefficient (Wildman–Crippen LogP) is 2.81. The zero-order chi connectivity index (χ0) is 12.6. The van der Waals surface area contributed by atoms with Gasteiger partial charge < -0.3 is 10.1 Å². The number of fused-ring (bicyclic) bond motifs is 1. The summed E-state index contributed by atoms with van der Waals surface area (Å²) in [6, 6.07) is 0. The molecule has 3 rings (SSSR count). The zero-order valence-electron chi connectivity index (χ0n) is 11.3. The summed E-state index contributed by atoms with van der Waals surface area (Å²) in [5.74, 6) is 0.605. The van der Waals surface area contributed by atoms with Gasteiger partial charge in [0.2, 0.25) is 0 Å². The van der Waals surface area contributed by atoms with Crippen molar-refractivity contribution in [3.05, 3.63) is 15.6 Å². The first kappa shape index (κ1) is 12.6. The second kappa shape index (κ2) is 4.91. The lowest BCUT2D eigenvalue weighted by molar-refractivity contribution is 0.0165. The summed E-state index contributed by atoms with van der Waals surface area (Å²) in [6.45, 7) is 4.14. The summed E-state index contributed by atoms with van der Waals surface area (Å²) in [7, 11) is 2.03. The molecule has 0 aromatic carbocycles. The molecule has 0 spiro atoms. The van der Waals surface area contributed by atoms with Crippen LogP contribution in [0.25, 0.3) is 0 Å². The maximum absolute atomic E-state index is 5.93. The van der Waals surface area contributed by atoms with Crippen molar-refractivity contribution in [1.29, 1.82) is 0 Å². The molecule has 0 bridgehead atoms. The molecule has 1 aliphatic carbocycles. The van der Waals surface area contributed by atoms with Crippen molar-refractivity contribution in [2.24, 2.45) is 0 Å². The fraction of sp³-hybridized carbons (Fsp3) is 0.786. The topological polar surface area (TPSA) is 34.1 Å². The van der Waals surface area contributed by atoms with Gasteiger partial charge in [-0.2, -0.15) is 0 Å². The summed E-state index contributed by atoms with van der Waals surface area (Å²) >= 11 is 1.90. The molecule has 2 atom stereocenters. The number of hydrogen-bond acceptors (Lipinski definition) is 4. The molecule has 0 amide bonds. The lowest BCUT2D eigenvalue weighted by atomic mass is 9.91. The smallest absolute Gasteiger partial charge is 0.125 e. The maximum atomic E-state index is 5.93. The van der Waals surface area contributed by atoms with E-state index in [1.165, 1.54) is 41.3 Å². The van der Waals surface area contributed by atoms with Crippen LogP contribution in [-0.2, 0) is 16.8 Å². The Balaban J connectivity index is 1.90. The molecule has 2 heterocycles. The van der Waals surface area contributed by atoms with Crippen LogP contribution in [0.2, 0.25) is 0 Å². The number of ether oxygens (including phenoxy) is 1. The molecule has 0 saturated carbocycles. The molecule has 1 fully saturated rings. The van der Waals surface area contributed by atoms with E-state index in [9.17, 15) is 0 Å². The lowest BCUT2D eigenvalue weighted by Crippen LogP contribution is -2.22. The van der Waals surface area contributed by atoms with Gasteiger partial charge in [-0.25, -0.2) is 4.98 Å². The van der Waals surface area contributed by atoms with E-state index in [1.54, 1.807) is 0 Å². The second-order valence-corrected chi connectivity index (χ2v) is 6.74. The van der Waals surface area contributed by atoms with Crippen LogP contribution in [0, 0.1) is 0 Å². The Kier molecular flexibility index (Phi) is 3.43. The Morgan fingerprint density at radius 3 is 3.11 bits per heavy atom. The zero-order valence-corrected chi connectivity index (χ0v) is 12.1. The van der Waals surface area contributed by atoms with Gasteiger partial charge in [-0.3, -0.25) is 0 Å². The van der Waals surface area contributed by atoms with Crippen LogP contribution in [0.1, 0.15) is 54.1 Å². The van der Waals surface area contributed by atoms with E-state index in [0.29, 0.717) is 5.92 Å². The van der Waals surface area contributed by atoms with Gasteiger partial charge in [0.25, 0.3) is 0 Å². The molecule has 18 heavy (non-hydrogen) atoms. The molecule has 2 unspecified atom stereocenters. The second-order valence-electron chi connectivity index (χ2n) is 5.66. The van der Waals surface area contributed by atoms with Crippen molar-refractivity contribution in [2.75, 3.05) is 20.2 Å². The highest BCUT2D eigenvalue weighted by atomic mass is 32.1.